The minimum Gasteiger partial charge on any atom is -0.481 e. The molecule has 3 heteroatoms. The standard InChI is InChI=1S/C6H8N2O.CH4/c1-9-6-3-2-5(7)4-8-6;/h2-4H,7H2,1H3;1H4. The lowest BCUT2D eigenvalue weighted by Gasteiger charge is -1.95. The maximum absolute atomic E-state index is 5.36. The Morgan fingerprint density at radius 1 is 1.50 bits per heavy atom. The van der Waals surface area contributed by atoms with Crippen molar-refractivity contribution in [3.63, 3.8) is 0 Å². The average molecular weight is 140 g/mol. The summed E-state index contributed by atoms with van der Waals surface area (Å²) in [6.07, 6.45) is 1.55. The number of nitrogens with zero attached hydrogens (tertiary/aromatic N) is 1. The maximum Gasteiger partial charge on any atom is 0.213 e. The van der Waals surface area contributed by atoms with Gasteiger partial charge in [-0.1, -0.05) is 7.43 Å². The molecule has 0 aliphatic rings. The number of methoxy groups -OCH3 is 1. The number of pyridine rings is 1. The van der Waals surface area contributed by atoms with E-state index in [1.807, 2.05) is 0 Å². The monoisotopic (exact) mass is 140 g/mol. The molecule has 0 aliphatic heterocycles. The Morgan fingerprint density at radius 3 is 2.60 bits per heavy atom. The fourth-order valence-corrected chi connectivity index (χ4v) is 0.512. The molecule has 0 spiro atoms. The Morgan fingerprint density at radius 2 is 2.20 bits per heavy atom. The number of anilines is 1. The average Bonchev–Trinajstić information content (AvgIpc) is 1.90. The molecule has 3 nitrogen and oxygen atoms in total. The number of hydrogen-bond acceptors (Lipinski definition) is 3. The van der Waals surface area contributed by atoms with Crippen molar-refractivity contribution in [2.24, 2.45) is 0 Å². The maximum atomic E-state index is 5.36. The summed E-state index contributed by atoms with van der Waals surface area (Å²) in [5, 5.41) is 0. The molecule has 0 aromatic carbocycles. The molecular weight excluding hydrogens is 128 g/mol. The van der Waals surface area contributed by atoms with Crippen LogP contribution in [0.1, 0.15) is 7.43 Å². The van der Waals surface area contributed by atoms with Crippen LogP contribution in [0.15, 0.2) is 18.3 Å². The van der Waals surface area contributed by atoms with Crippen molar-refractivity contribution in [3.8, 4) is 5.88 Å². The minimum atomic E-state index is 0. The molecule has 1 aromatic rings. The van der Waals surface area contributed by atoms with Gasteiger partial charge in [-0.25, -0.2) is 4.98 Å². The Labute approximate surface area is 60.8 Å². The minimum absolute atomic E-state index is 0. The first-order chi connectivity index (χ1) is 4.33. The van der Waals surface area contributed by atoms with Crippen LogP contribution >= 0.6 is 0 Å². The van der Waals surface area contributed by atoms with Crippen LogP contribution in [0.4, 0.5) is 5.69 Å². The van der Waals surface area contributed by atoms with Gasteiger partial charge in [0.1, 0.15) is 0 Å². The predicted molar refractivity (Wildman–Crippen MR) is 41.9 cm³/mol. The summed E-state index contributed by atoms with van der Waals surface area (Å²) >= 11 is 0. The van der Waals surface area contributed by atoms with E-state index in [2.05, 4.69) is 4.98 Å². The van der Waals surface area contributed by atoms with E-state index in [0.717, 1.165) is 0 Å². The summed E-state index contributed by atoms with van der Waals surface area (Å²) in [4.78, 5) is 3.85. The highest BCUT2D eigenvalue weighted by molar-refractivity contribution is 5.35. The summed E-state index contributed by atoms with van der Waals surface area (Å²) in [5.41, 5.74) is 6.01. The van der Waals surface area contributed by atoms with Crippen molar-refractivity contribution in [2.45, 2.75) is 7.43 Å². The lowest BCUT2D eigenvalue weighted by molar-refractivity contribution is 0.398. The second kappa shape index (κ2) is 3.71. The molecule has 0 aliphatic carbocycles. The van der Waals surface area contributed by atoms with Crippen LogP contribution in [-0.2, 0) is 0 Å². The number of aromatic nitrogens is 1. The van der Waals surface area contributed by atoms with E-state index in [0.29, 0.717) is 11.6 Å². The zero-order valence-corrected chi connectivity index (χ0v) is 5.16. The molecule has 2 N–H and O–H groups in total. The van der Waals surface area contributed by atoms with Crippen LogP contribution in [0.3, 0.4) is 0 Å². The van der Waals surface area contributed by atoms with Gasteiger partial charge < -0.3 is 10.5 Å². The smallest absolute Gasteiger partial charge is 0.213 e. The molecule has 0 unspecified atom stereocenters. The molecule has 0 bridgehead atoms. The second-order valence-electron chi connectivity index (χ2n) is 1.63. The number of ether oxygens (including phenoxy) is 1. The number of nitrogens with two attached hydrogens (primary N) is 1. The van der Waals surface area contributed by atoms with Crippen LogP contribution in [0.2, 0.25) is 0 Å². The third-order valence-electron chi connectivity index (χ3n) is 0.968. The van der Waals surface area contributed by atoms with Crippen molar-refractivity contribution in [2.75, 3.05) is 12.8 Å². The molecular formula is C7H12N2O. The molecule has 0 radical (unpaired) electrons. The Hall–Kier alpha value is -1.25. The topological polar surface area (TPSA) is 48.1 Å². The van der Waals surface area contributed by atoms with Crippen molar-refractivity contribution in [3.05, 3.63) is 18.3 Å². The third kappa shape index (κ3) is 1.93. The molecule has 56 valence electrons. The number of rotatable bonds is 1. The van der Waals surface area contributed by atoms with E-state index < -0.39 is 0 Å². The summed E-state index contributed by atoms with van der Waals surface area (Å²) in [7, 11) is 1.57. The molecule has 0 atom stereocenters. The van der Waals surface area contributed by atoms with Crippen molar-refractivity contribution in [1.82, 2.24) is 4.98 Å². The molecule has 0 saturated carbocycles. The normalized spacial score (nSPS) is 8.10. The lowest BCUT2D eigenvalue weighted by Crippen LogP contribution is -1.89. The second-order valence-corrected chi connectivity index (χ2v) is 1.63. The fraction of sp³-hybridized carbons (Fsp3) is 0.286. The molecule has 1 aromatic heterocycles. The predicted octanol–water partition coefficient (Wildman–Crippen LogP) is 1.31. The van der Waals surface area contributed by atoms with E-state index in [1.165, 1.54) is 0 Å². The van der Waals surface area contributed by atoms with Crippen molar-refractivity contribution in [1.29, 1.82) is 0 Å². The van der Waals surface area contributed by atoms with Gasteiger partial charge in [-0.2, -0.15) is 0 Å². The van der Waals surface area contributed by atoms with E-state index >= 15 is 0 Å². The van der Waals surface area contributed by atoms with Gasteiger partial charge in [0.15, 0.2) is 0 Å². The number of hydrogen-bond donors (Lipinski definition) is 1. The molecule has 0 saturated heterocycles. The molecule has 0 fully saturated rings. The van der Waals surface area contributed by atoms with Gasteiger partial charge in [-0.05, 0) is 6.07 Å². The van der Waals surface area contributed by atoms with Crippen molar-refractivity contribution < 1.29 is 4.74 Å². The van der Waals surface area contributed by atoms with Gasteiger partial charge in [-0.3, -0.25) is 0 Å². The van der Waals surface area contributed by atoms with E-state index in [-0.39, 0.29) is 7.43 Å². The quantitative estimate of drug-likeness (QED) is 0.639. The molecule has 1 rings (SSSR count). The summed E-state index contributed by atoms with van der Waals surface area (Å²) in [6, 6.07) is 3.46. The largest absolute Gasteiger partial charge is 0.481 e. The Kier molecular flexibility index (Phi) is 3.25. The van der Waals surface area contributed by atoms with Crippen LogP contribution < -0.4 is 10.5 Å². The fourth-order valence-electron chi connectivity index (χ4n) is 0.512. The van der Waals surface area contributed by atoms with Gasteiger partial charge >= 0.3 is 0 Å². The zero-order chi connectivity index (χ0) is 6.69. The molecule has 1 heterocycles. The highest BCUT2D eigenvalue weighted by Crippen LogP contribution is 2.06. The van der Waals surface area contributed by atoms with Crippen LogP contribution in [0.5, 0.6) is 5.88 Å². The summed E-state index contributed by atoms with van der Waals surface area (Å²) in [5.74, 6) is 0.587. The van der Waals surface area contributed by atoms with Gasteiger partial charge in [0.2, 0.25) is 5.88 Å². The highest BCUT2D eigenvalue weighted by atomic mass is 16.5. The van der Waals surface area contributed by atoms with E-state index in [1.54, 1.807) is 25.4 Å². The first-order valence-corrected chi connectivity index (χ1v) is 2.58. The molecule has 0 amide bonds. The van der Waals surface area contributed by atoms with Gasteiger partial charge in [0.05, 0.1) is 19.0 Å². The summed E-state index contributed by atoms with van der Waals surface area (Å²) in [6.45, 7) is 0. The van der Waals surface area contributed by atoms with E-state index in [9.17, 15) is 0 Å². The SMILES string of the molecule is C.COc1ccc(N)cn1. The lowest BCUT2D eigenvalue weighted by atomic mass is 10.4. The third-order valence-corrected chi connectivity index (χ3v) is 0.968. The first-order valence-electron chi connectivity index (χ1n) is 2.58. The Bertz CT molecular complexity index is 183. The van der Waals surface area contributed by atoms with Gasteiger partial charge in [0, 0.05) is 6.07 Å². The van der Waals surface area contributed by atoms with Gasteiger partial charge in [-0.15, -0.1) is 0 Å². The zero-order valence-electron chi connectivity index (χ0n) is 5.16. The Balaban J connectivity index is 0.000000810. The van der Waals surface area contributed by atoms with E-state index in [4.69, 9.17) is 10.5 Å². The van der Waals surface area contributed by atoms with Crippen LogP contribution in [0.25, 0.3) is 0 Å². The molecule has 10 heavy (non-hydrogen) atoms. The number of nitrogen functional groups attached to an aromatic ring is 1. The summed E-state index contributed by atoms with van der Waals surface area (Å²) < 4.78 is 4.80. The van der Waals surface area contributed by atoms with Gasteiger partial charge in [0.25, 0.3) is 0 Å². The van der Waals surface area contributed by atoms with Crippen LogP contribution in [-0.4, -0.2) is 12.1 Å². The van der Waals surface area contributed by atoms with Crippen LogP contribution in [0, 0.1) is 0 Å². The first kappa shape index (κ1) is 8.75. The van der Waals surface area contributed by atoms with Crippen molar-refractivity contribution >= 4 is 5.69 Å². The highest BCUT2D eigenvalue weighted by Gasteiger charge is 1.87.